The smallest absolute Gasteiger partial charge is 0.248 e. The van der Waals surface area contributed by atoms with Gasteiger partial charge in [-0.05, 0) is 110 Å². The van der Waals surface area contributed by atoms with Gasteiger partial charge in [-0.3, -0.25) is 13.7 Å². The van der Waals surface area contributed by atoms with Gasteiger partial charge in [-0.1, -0.05) is 196 Å². The van der Waals surface area contributed by atoms with Crippen molar-refractivity contribution in [2.75, 3.05) is 0 Å². The second-order valence-corrected chi connectivity index (χ2v) is 19.6. The predicted octanol–water partition coefficient (Wildman–Crippen LogP) is 18.1. The average molecular weight is 998 g/mol. The second kappa shape index (κ2) is 18.7. The summed E-state index contributed by atoms with van der Waals surface area (Å²) in [5, 5.41) is 57.0. The van der Waals surface area contributed by atoms with E-state index in [1.807, 2.05) is 167 Å². The Kier molecular flexibility index (Phi) is 11.6. The third-order valence-corrected chi connectivity index (χ3v) is 15.9. The number of hydrogen-bond acceptors (Lipinski definition) is 7. The maximum atomic E-state index is 13.0. The molecule has 0 atom stereocenters. The minimum absolute atomic E-state index is 0.0458. The molecule has 0 unspecified atom stereocenters. The van der Waals surface area contributed by atoms with E-state index in [0.717, 1.165) is 59.6 Å². The van der Waals surface area contributed by atoms with Crippen LogP contribution in [0.3, 0.4) is 0 Å². The number of aromatic hydroxyl groups is 4. The van der Waals surface area contributed by atoms with Gasteiger partial charge in [0.1, 0.15) is 11.0 Å². The lowest BCUT2D eigenvalue weighted by molar-refractivity contribution is 0.0877. The number of phenols is 4. The van der Waals surface area contributed by atoms with Gasteiger partial charge in [-0.2, -0.15) is 0 Å². The zero-order valence-electron chi connectivity index (χ0n) is 41.7. The zero-order chi connectivity index (χ0) is 51.5. The Labute approximate surface area is 437 Å². The molecule has 7 nitrogen and oxygen atoms in total. The first-order valence-electron chi connectivity index (χ1n) is 25.2. The Morgan fingerprint density at radius 1 is 0.533 bits per heavy atom. The van der Waals surface area contributed by atoms with Crippen molar-refractivity contribution in [3.8, 4) is 50.9 Å². The normalized spacial score (nSPS) is 13.1. The number of aromatic nitrogens is 1. The van der Waals surface area contributed by atoms with Gasteiger partial charge in [0, 0.05) is 31.4 Å². The van der Waals surface area contributed by atoms with E-state index in [0.29, 0.717) is 27.9 Å². The molecule has 0 amide bonds. The quantitative estimate of drug-likeness (QED) is 0.0416. The van der Waals surface area contributed by atoms with Crippen LogP contribution in [0.5, 0.6) is 23.0 Å². The topological polar surface area (TPSA) is 112 Å². The molecule has 0 radical (unpaired) electrons. The van der Waals surface area contributed by atoms with Crippen LogP contribution in [-0.4, -0.2) is 25.0 Å². The number of nitrogens with zero attached hydrogens (tertiary/aromatic N) is 1. The van der Waals surface area contributed by atoms with Crippen LogP contribution in [0.15, 0.2) is 221 Å². The fraction of sp³-hybridized carbons (Fsp3) is 0.0746. The Morgan fingerprint density at radius 3 is 1.83 bits per heavy atom. The lowest BCUT2D eigenvalue weighted by Gasteiger charge is -2.36. The van der Waals surface area contributed by atoms with E-state index < -0.39 is 22.7 Å². The average Bonchev–Trinajstić information content (AvgIpc) is 4.05. The second-order valence-electron chi connectivity index (χ2n) is 18.5. The van der Waals surface area contributed by atoms with Crippen molar-refractivity contribution in [2.45, 2.75) is 33.1 Å². The maximum Gasteiger partial charge on any atom is 0.248 e. The first-order chi connectivity index (χ1) is 36.8. The molecule has 12 aromatic rings. The van der Waals surface area contributed by atoms with E-state index in [4.69, 9.17) is 9.15 Å². The summed E-state index contributed by atoms with van der Waals surface area (Å²) in [6.45, 7) is 7.95. The van der Waals surface area contributed by atoms with Crippen LogP contribution >= 0.6 is 11.3 Å². The number of thiophene rings is 1. The summed E-state index contributed by atoms with van der Waals surface area (Å²) >= 11 is 1.75. The van der Waals surface area contributed by atoms with Crippen molar-refractivity contribution >= 4 is 81.3 Å². The van der Waals surface area contributed by atoms with E-state index in [2.05, 4.69) is 72.8 Å². The molecule has 1 aliphatic carbocycles. The lowest BCUT2D eigenvalue weighted by Crippen LogP contribution is -2.30. The highest BCUT2D eigenvalue weighted by Crippen LogP contribution is 2.58. The molecule has 4 N–H and O–H groups in total. The van der Waals surface area contributed by atoms with Crippen LogP contribution in [0.25, 0.3) is 97.9 Å². The zero-order valence-corrected chi connectivity index (χ0v) is 42.5. The number of benzene rings is 10. The van der Waals surface area contributed by atoms with Gasteiger partial charge in [-0.15, -0.1) is 11.3 Å². The lowest BCUT2D eigenvalue weighted by atomic mass is 9.65. The van der Waals surface area contributed by atoms with Gasteiger partial charge in [0.15, 0.2) is 23.0 Å². The van der Waals surface area contributed by atoms with Crippen molar-refractivity contribution in [2.24, 2.45) is 0 Å². The summed E-state index contributed by atoms with van der Waals surface area (Å²) < 4.78 is 16.7. The number of phenolic OH excluding ortho intramolecular Hbond substituents is 4. The molecule has 0 aliphatic heterocycles. The molecule has 0 fully saturated rings. The molecule has 0 bridgehead atoms. The van der Waals surface area contributed by atoms with Crippen LogP contribution in [0.4, 0.5) is 0 Å². The number of aryl methyl sites for hydroxylation is 1. The Bertz CT molecular complexity index is 4340. The van der Waals surface area contributed by atoms with Crippen molar-refractivity contribution in [1.82, 2.24) is 4.57 Å². The molecule has 8 heteroatoms. The Balaban J connectivity index is 0.00000281. The van der Waals surface area contributed by atoms with Crippen molar-refractivity contribution in [1.29, 1.82) is 0 Å². The van der Waals surface area contributed by atoms with Gasteiger partial charge in [-0.25, -0.2) is 0 Å². The van der Waals surface area contributed by atoms with Gasteiger partial charge >= 0.3 is 0 Å². The highest BCUT2D eigenvalue weighted by molar-refractivity contribution is 7.26. The van der Waals surface area contributed by atoms with Crippen LogP contribution < -0.4 is 0 Å². The van der Waals surface area contributed by atoms with E-state index >= 15 is 0 Å². The molecule has 1 aliphatic rings. The molecule has 0 saturated carbocycles. The SMILES string of the molecule is C/C=C\C=C/C1=Cc2c(c(C)c3c(ooc4c(O)c(-c5cc6ccccc6c6ccccc56)c(O)c(O)c4n3-c3ccc(-c4cccc5c4sc4ccccc45)cc3)c2O)C1(c1ccccc1)c1ccccc1.CC. The van der Waals surface area contributed by atoms with Crippen LogP contribution in [0, 0.1) is 6.92 Å². The first-order valence-corrected chi connectivity index (χ1v) is 26.0. The molecule has 10 aromatic carbocycles. The maximum absolute atomic E-state index is 13.0. The monoisotopic (exact) mass is 997 g/mol. The van der Waals surface area contributed by atoms with E-state index in [9.17, 15) is 20.4 Å². The van der Waals surface area contributed by atoms with Crippen LogP contribution in [0.2, 0.25) is 0 Å². The number of fused-ring (bicyclic) bond motifs is 9. The number of hydrogen-bond donors (Lipinski definition) is 4. The molecule has 2 heterocycles. The van der Waals surface area contributed by atoms with Crippen LogP contribution in [0.1, 0.15) is 48.6 Å². The first kappa shape index (κ1) is 46.8. The molecule has 0 spiro atoms. The number of rotatable bonds is 7. The van der Waals surface area contributed by atoms with Crippen molar-refractivity contribution in [3.63, 3.8) is 0 Å². The summed E-state index contributed by atoms with van der Waals surface area (Å²) in [5.74, 6) is -1.82. The highest BCUT2D eigenvalue weighted by Gasteiger charge is 2.47. The molecular weight excluding hydrogens is 947 g/mol. The Hall–Kier alpha value is -9.24. The molecule has 75 heavy (non-hydrogen) atoms. The summed E-state index contributed by atoms with van der Waals surface area (Å²) in [5.41, 5.74) is 6.71. The Morgan fingerprint density at radius 2 is 1.13 bits per heavy atom. The summed E-state index contributed by atoms with van der Waals surface area (Å²) in [7, 11) is 0. The third-order valence-electron chi connectivity index (χ3n) is 14.7. The van der Waals surface area contributed by atoms with Crippen LogP contribution in [-0.2, 0) is 5.41 Å². The van der Waals surface area contributed by atoms with Gasteiger partial charge in [0.2, 0.25) is 11.2 Å². The van der Waals surface area contributed by atoms with Gasteiger partial charge < -0.3 is 20.4 Å². The third kappa shape index (κ3) is 7.08. The van der Waals surface area contributed by atoms with Crippen molar-refractivity contribution in [3.05, 3.63) is 240 Å². The molecular formula is C67H51NO6S. The van der Waals surface area contributed by atoms with Crippen molar-refractivity contribution < 1.29 is 29.6 Å². The predicted molar refractivity (Wildman–Crippen MR) is 309 cm³/mol. The molecule has 2 aromatic heterocycles. The molecule has 0 saturated heterocycles. The minimum Gasteiger partial charge on any atom is -0.504 e. The molecule has 366 valence electrons. The number of allylic oxidation sites excluding steroid dienone is 5. The molecule has 13 rings (SSSR count). The summed E-state index contributed by atoms with van der Waals surface area (Å²) in [6, 6.07) is 60.7. The van der Waals surface area contributed by atoms with Gasteiger partial charge in [0.25, 0.3) is 0 Å². The fourth-order valence-corrected chi connectivity index (χ4v) is 12.8. The van der Waals surface area contributed by atoms with Gasteiger partial charge in [0.05, 0.1) is 11.0 Å². The summed E-state index contributed by atoms with van der Waals surface area (Å²) in [4.78, 5) is 0. The standard InChI is InChI=1S/C65H45NO6S.C2H6/c1-3-4-7-24-43-37-52-55(65(43,41-20-8-5-9-21-41)42-22-10-6-11-23-42)38(2)56-62(58(52)67)71-72-63-57(61(70)59(68)54(60(63)69)51-36-40-19-12-13-25-45(40)47-26-14-15-27-48(47)51)66(56)44-34-32-39(33-35-44)46-29-18-30-50-49-28-16-17-31-53(49)73-64(46)50;1-2/h3-37,67-70H,1-2H3;1-2H3/b4-3-,24-7-;. The fourth-order valence-electron chi connectivity index (χ4n) is 11.5. The largest absolute Gasteiger partial charge is 0.504 e. The minimum atomic E-state index is -0.978. The van der Waals surface area contributed by atoms with E-state index in [1.54, 1.807) is 15.9 Å². The highest BCUT2D eigenvalue weighted by atomic mass is 32.1. The van der Waals surface area contributed by atoms with E-state index in [1.165, 1.54) is 15.5 Å². The van der Waals surface area contributed by atoms with E-state index in [-0.39, 0.29) is 28.0 Å². The summed E-state index contributed by atoms with van der Waals surface area (Å²) in [6.07, 6.45) is 10.0.